The maximum Gasteiger partial charge on any atom is 0.255 e. The first-order valence-electron chi connectivity index (χ1n) is 8.90. The maximum atomic E-state index is 12.5. The van der Waals surface area contributed by atoms with Crippen LogP contribution in [0.1, 0.15) is 17.0 Å². The van der Waals surface area contributed by atoms with E-state index in [0.29, 0.717) is 28.5 Å². The lowest BCUT2D eigenvalue weighted by Crippen LogP contribution is -2.24. The number of carbonyl (C=O) groups is 1. The van der Waals surface area contributed by atoms with E-state index in [1.54, 1.807) is 25.3 Å². The van der Waals surface area contributed by atoms with Gasteiger partial charge in [0.05, 0.1) is 6.42 Å². The molecule has 0 aliphatic rings. The molecule has 28 heavy (non-hydrogen) atoms. The molecule has 3 aromatic heterocycles. The molecule has 7 heteroatoms. The van der Waals surface area contributed by atoms with Crippen molar-refractivity contribution in [1.29, 1.82) is 0 Å². The van der Waals surface area contributed by atoms with Gasteiger partial charge in [-0.2, -0.15) is 0 Å². The fraction of sp³-hybridized carbons (Fsp3) is 0.143. The number of nitrogens with zero attached hydrogens (tertiary/aromatic N) is 2. The summed E-state index contributed by atoms with van der Waals surface area (Å²) in [6, 6.07) is 13.0. The smallest absolute Gasteiger partial charge is 0.255 e. The quantitative estimate of drug-likeness (QED) is 0.511. The largest absolute Gasteiger partial charge is 0.359 e. The number of carbonyl (C=O) groups excluding carboxylic acids is 1. The number of nitrogens with one attached hydrogen (secondary N) is 3. The van der Waals surface area contributed by atoms with E-state index in [9.17, 15) is 9.59 Å². The van der Waals surface area contributed by atoms with Gasteiger partial charge in [-0.3, -0.25) is 14.6 Å². The second kappa shape index (κ2) is 7.11. The third-order valence-corrected chi connectivity index (χ3v) is 4.51. The van der Waals surface area contributed by atoms with Crippen LogP contribution in [0.2, 0.25) is 0 Å². The first-order chi connectivity index (χ1) is 13.5. The number of aryl methyl sites for hydroxylation is 2. The number of pyridine rings is 1. The van der Waals surface area contributed by atoms with Gasteiger partial charge >= 0.3 is 0 Å². The summed E-state index contributed by atoms with van der Waals surface area (Å²) in [4.78, 5) is 39.5. The monoisotopic (exact) mass is 373 g/mol. The van der Waals surface area contributed by atoms with Crippen molar-refractivity contribution in [2.24, 2.45) is 0 Å². The highest BCUT2D eigenvalue weighted by Crippen LogP contribution is 2.20. The maximum absolute atomic E-state index is 12.5. The normalized spacial score (nSPS) is 10.9. The summed E-state index contributed by atoms with van der Waals surface area (Å²) in [5, 5.41) is 3.87. The first-order valence-corrected chi connectivity index (χ1v) is 8.90. The van der Waals surface area contributed by atoms with Gasteiger partial charge in [0.2, 0.25) is 5.91 Å². The minimum atomic E-state index is -0.333. The van der Waals surface area contributed by atoms with Gasteiger partial charge in [-0.25, -0.2) is 4.98 Å². The van der Waals surface area contributed by atoms with Crippen molar-refractivity contribution >= 4 is 22.5 Å². The zero-order chi connectivity index (χ0) is 19.7. The van der Waals surface area contributed by atoms with Gasteiger partial charge in [-0.15, -0.1) is 0 Å². The van der Waals surface area contributed by atoms with Crippen LogP contribution in [0, 0.1) is 13.8 Å². The van der Waals surface area contributed by atoms with Crippen molar-refractivity contribution in [3.63, 3.8) is 0 Å². The lowest BCUT2D eigenvalue weighted by Gasteiger charge is -2.08. The van der Waals surface area contributed by atoms with Crippen molar-refractivity contribution in [2.75, 3.05) is 5.32 Å². The Hall–Kier alpha value is -3.74. The molecule has 0 atom stereocenters. The lowest BCUT2D eigenvalue weighted by atomic mass is 10.1. The average molecular weight is 373 g/mol. The lowest BCUT2D eigenvalue weighted by molar-refractivity contribution is -0.115. The highest BCUT2D eigenvalue weighted by molar-refractivity contribution is 5.95. The fourth-order valence-corrected chi connectivity index (χ4v) is 3.16. The van der Waals surface area contributed by atoms with E-state index in [1.807, 2.05) is 37.3 Å². The van der Waals surface area contributed by atoms with Crippen molar-refractivity contribution in [3.8, 4) is 11.5 Å². The van der Waals surface area contributed by atoms with Gasteiger partial charge in [0.25, 0.3) is 5.56 Å². The molecular formula is C21H19N5O2. The van der Waals surface area contributed by atoms with E-state index < -0.39 is 0 Å². The minimum Gasteiger partial charge on any atom is -0.359 e. The van der Waals surface area contributed by atoms with Crippen LogP contribution in [0.5, 0.6) is 0 Å². The summed E-state index contributed by atoms with van der Waals surface area (Å²) in [7, 11) is 0. The zero-order valence-electron chi connectivity index (χ0n) is 15.5. The van der Waals surface area contributed by atoms with Crippen molar-refractivity contribution in [3.05, 3.63) is 76.0 Å². The number of aromatic nitrogens is 4. The number of H-pyrrole nitrogens is 2. The summed E-state index contributed by atoms with van der Waals surface area (Å²) in [6.45, 7) is 3.70. The number of hydrogen-bond donors (Lipinski definition) is 3. The average Bonchev–Trinajstić information content (AvgIpc) is 3.04. The van der Waals surface area contributed by atoms with Crippen LogP contribution in [0.4, 0.5) is 5.69 Å². The van der Waals surface area contributed by atoms with E-state index in [2.05, 4.69) is 25.3 Å². The topological polar surface area (TPSA) is 104 Å². The summed E-state index contributed by atoms with van der Waals surface area (Å²) < 4.78 is 0. The highest BCUT2D eigenvalue weighted by atomic mass is 16.2. The molecule has 0 saturated carbocycles. The van der Waals surface area contributed by atoms with Crippen LogP contribution in [-0.4, -0.2) is 25.8 Å². The minimum absolute atomic E-state index is 0.0547. The van der Waals surface area contributed by atoms with Crippen LogP contribution in [0.25, 0.3) is 22.4 Å². The Morgan fingerprint density at radius 2 is 1.96 bits per heavy atom. The van der Waals surface area contributed by atoms with Crippen molar-refractivity contribution < 1.29 is 4.79 Å². The van der Waals surface area contributed by atoms with Crippen molar-refractivity contribution in [1.82, 2.24) is 19.9 Å². The molecule has 4 rings (SSSR count). The number of aromatic amines is 2. The number of rotatable bonds is 4. The van der Waals surface area contributed by atoms with Gasteiger partial charge in [0.1, 0.15) is 5.69 Å². The molecule has 140 valence electrons. The summed E-state index contributed by atoms with van der Waals surface area (Å²) in [5.41, 5.74) is 3.85. The Morgan fingerprint density at radius 3 is 2.71 bits per heavy atom. The van der Waals surface area contributed by atoms with Crippen LogP contribution >= 0.6 is 0 Å². The zero-order valence-corrected chi connectivity index (χ0v) is 15.5. The summed E-state index contributed by atoms with van der Waals surface area (Å²) in [5.74, 6) is 0.119. The Kier molecular flexibility index (Phi) is 4.49. The van der Waals surface area contributed by atoms with Crippen molar-refractivity contribution in [2.45, 2.75) is 20.3 Å². The number of benzene rings is 1. The van der Waals surface area contributed by atoms with E-state index >= 15 is 0 Å². The molecule has 0 saturated heterocycles. The van der Waals surface area contributed by atoms with Crippen LogP contribution in [-0.2, 0) is 11.2 Å². The van der Waals surface area contributed by atoms with Crippen LogP contribution < -0.4 is 10.9 Å². The second-order valence-electron chi connectivity index (χ2n) is 6.67. The molecule has 0 aliphatic heterocycles. The number of hydrogen-bond acceptors (Lipinski definition) is 4. The molecular weight excluding hydrogens is 354 g/mol. The standard InChI is InChI=1S/C21H19N5O2/c1-12-9-14-10-15(6-7-17(14)23-12)25-19(27)11-16-13(2)24-20(26-21(16)28)18-5-3-4-8-22-18/h3-10,23H,11H2,1-2H3,(H,25,27)(H,24,26,28). The molecule has 0 aliphatic carbocycles. The first kappa shape index (κ1) is 17.7. The molecule has 0 bridgehead atoms. The molecule has 3 N–H and O–H groups in total. The Balaban J connectivity index is 1.54. The third-order valence-electron chi connectivity index (χ3n) is 4.51. The molecule has 4 aromatic rings. The second-order valence-corrected chi connectivity index (χ2v) is 6.67. The molecule has 0 radical (unpaired) electrons. The molecule has 0 spiro atoms. The van der Waals surface area contributed by atoms with Crippen LogP contribution in [0.15, 0.2) is 53.5 Å². The molecule has 1 aromatic carbocycles. The van der Waals surface area contributed by atoms with E-state index in [-0.39, 0.29) is 17.9 Å². The molecule has 0 fully saturated rings. The molecule has 7 nitrogen and oxygen atoms in total. The fourth-order valence-electron chi connectivity index (χ4n) is 3.16. The predicted octanol–water partition coefficient (Wildman–Crippen LogP) is 3.11. The summed E-state index contributed by atoms with van der Waals surface area (Å²) >= 11 is 0. The Morgan fingerprint density at radius 1 is 1.11 bits per heavy atom. The van der Waals surface area contributed by atoms with Gasteiger partial charge in [0, 0.05) is 39.7 Å². The Labute approximate surface area is 160 Å². The van der Waals surface area contributed by atoms with Gasteiger partial charge < -0.3 is 15.3 Å². The molecule has 0 unspecified atom stereocenters. The van der Waals surface area contributed by atoms with Gasteiger partial charge in [-0.05, 0) is 50.2 Å². The highest BCUT2D eigenvalue weighted by Gasteiger charge is 2.14. The van der Waals surface area contributed by atoms with E-state index in [0.717, 1.165) is 16.6 Å². The molecule has 1 amide bonds. The van der Waals surface area contributed by atoms with Gasteiger partial charge in [-0.1, -0.05) is 6.07 Å². The van der Waals surface area contributed by atoms with Gasteiger partial charge in [0.15, 0.2) is 5.82 Å². The summed E-state index contributed by atoms with van der Waals surface area (Å²) in [6.07, 6.45) is 1.58. The SMILES string of the molecule is Cc1cc2cc(NC(=O)Cc3c(C)nc(-c4ccccn4)[nH]c3=O)ccc2[nH]1. The number of fused-ring (bicyclic) bond motifs is 1. The number of anilines is 1. The Bertz CT molecular complexity index is 1220. The van der Waals surface area contributed by atoms with E-state index in [4.69, 9.17) is 0 Å². The number of amides is 1. The van der Waals surface area contributed by atoms with E-state index in [1.165, 1.54) is 0 Å². The third kappa shape index (κ3) is 3.55. The predicted molar refractivity (Wildman–Crippen MR) is 108 cm³/mol. The molecule has 3 heterocycles. The van der Waals surface area contributed by atoms with Crippen LogP contribution in [0.3, 0.4) is 0 Å².